The lowest BCUT2D eigenvalue weighted by Crippen LogP contribution is -2.34. The third-order valence-corrected chi connectivity index (χ3v) is 8.10. The number of phenols is 1. The molecule has 1 atom stereocenters. The molecule has 2 N–H and O–H groups in total. The van der Waals surface area contributed by atoms with Gasteiger partial charge in [0.05, 0.1) is 11.3 Å². The number of nitrogens with zero attached hydrogens (tertiary/aromatic N) is 3. The number of anilines is 1. The predicted molar refractivity (Wildman–Crippen MR) is 159 cm³/mol. The van der Waals surface area contributed by atoms with Crippen LogP contribution in [0, 0.1) is 6.92 Å². The number of aromatic nitrogens is 1. The Labute approximate surface area is 238 Å². The van der Waals surface area contributed by atoms with Crippen LogP contribution in [0.4, 0.5) is 5.69 Å². The monoisotopic (exact) mass is 560 g/mol. The number of H-pyrrole nitrogens is 1. The van der Waals surface area contributed by atoms with Crippen molar-refractivity contribution >= 4 is 56.6 Å². The van der Waals surface area contributed by atoms with E-state index in [1.807, 2.05) is 44.1 Å². The van der Waals surface area contributed by atoms with Crippen molar-refractivity contribution in [2.45, 2.75) is 19.8 Å². The number of hydrogen-bond donors (Lipinski definition) is 2. The number of aryl methyl sites for hydroxylation is 1. The Morgan fingerprint density at radius 1 is 1.07 bits per heavy atom. The molecule has 0 fully saturated rings. The van der Waals surface area contributed by atoms with Gasteiger partial charge in [-0.1, -0.05) is 18.2 Å². The Balaban J connectivity index is 1.55. The van der Waals surface area contributed by atoms with E-state index in [-0.39, 0.29) is 29.3 Å². The van der Waals surface area contributed by atoms with Gasteiger partial charge in [-0.25, -0.2) is 0 Å². The molecule has 9 heteroatoms. The Morgan fingerprint density at radius 3 is 2.50 bits per heavy atom. The van der Waals surface area contributed by atoms with E-state index in [1.54, 1.807) is 41.1 Å². The number of carbonyl (C=O) groups is 3. The minimum atomic E-state index is -0.280. The number of aromatic amines is 1. The van der Waals surface area contributed by atoms with Gasteiger partial charge >= 0.3 is 0 Å². The molecule has 1 aliphatic rings. The van der Waals surface area contributed by atoms with Gasteiger partial charge in [0.25, 0.3) is 11.8 Å². The highest BCUT2D eigenvalue weighted by atomic mass is 35.5. The fourth-order valence-electron chi connectivity index (χ4n) is 5.58. The van der Waals surface area contributed by atoms with Crippen LogP contribution >= 0.6 is 11.6 Å². The fraction of sp³-hybridized carbons (Fsp3) is 0.323. The number of rotatable bonds is 7. The van der Waals surface area contributed by atoms with Crippen LogP contribution < -0.4 is 4.90 Å². The molecule has 5 rings (SSSR count). The second-order valence-corrected chi connectivity index (χ2v) is 11.2. The summed E-state index contributed by atoms with van der Waals surface area (Å²) >= 11 is 6.39. The Morgan fingerprint density at radius 2 is 1.82 bits per heavy atom. The molecule has 0 radical (unpaired) electrons. The first-order valence-corrected chi connectivity index (χ1v) is 13.8. The van der Waals surface area contributed by atoms with E-state index in [1.165, 1.54) is 6.92 Å². The number of ketones is 1. The fourth-order valence-corrected chi connectivity index (χ4v) is 5.84. The molecule has 4 aromatic rings. The normalized spacial score (nSPS) is 14.8. The average molecular weight is 561 g/mol. The maximum absolute atomic E-state index is 13.9. The number of aromatic hydroxyl groups is 1. The summed E-state index contributed by atoms with van der Waals surface area (Å²) < 4.78 is 0. The van der Waals surface area contributed by atoms with Gasteiger partial charge in [0, 0.05) is 66.4 Å². The number of phenolic OH excluding ortho intramolecular Hbond substituents is 1. The van der Waals surface area contributed by atoms with Crippen molar-refractivity contribution in [2.75, 3.05) is 51.6 Å². The van der Waals surface area contributed by atoms with E-state index in [9.17, 15) is 19.5 Å². The number of nitrogens with one attached hydrogen (secondary N) is 1. The molecule has 3 aromatic carbocycles. The van der Waals surface area contributed by atoms with Crippen LogP contribution in [-0.4, -0.2) is 84.1 Å². The summed E-state index contributed by atoms with van der Waals surface area (Å²) in [4.78, 5) is 48.1. The molecular weight excluding hydrogens is 528 g/mol. The maximum Gasteiger partial charge on any atom is 0.274 e. The number of fused-ring (bicyclic) bond motifs is 4. The first-order chi connectivity index (χ1) is 19.0. The highest BCUT2D eigenvalue weighted by molar-refractivity contribution is 6.19. The lowest BCUT2D eigenvalue weighted by Gasteiger charge is -2.20. The van der Waals surface area contributed by atoms with Crippen molar-refractivity contribution in [2.24, 2.45) is 0 Å². The zero-order valence-electron chi connectivity index (χ0n) is 23.3. The lowest BCUT2D eigenvalue weighted by atomic mass is 9.92. The smallest absolute Gasteiger partial charge is 0.274 e. The topological polar surface area (TPSA) is 96.9 Å². The molecule has 2 amide bonds. The molecule has 0 saturated heterocycles. The van der Waals surface area contributed by atoms with Crippen LogP contribution in [0.25, 0.3) is 21.7 Å². The van der Waals surface area contributed by atoms with Crippen molar-refractivity contribution in [3.63, 3.8) is 0 Å². The van der Waals surface area contributed by atoms with Gasteiger partial charge < -0.3 is 24.8 Å². The Hall–Kier alpha value is -3.88. The number of benzene rings is 3. The third-order valence-electron chi connectivity index (χ3n) is 7.73. The van der Waals surface area contributed by atoms with E-state index in [4.69, 9.17) is 11.6 Å². The first-order valence-electron chi connectivity index (χ1n) is 13.2. The zero-order valence-corrected chi connectivity index (χ0v) is 24.1. The van der Waals surface area contributed by atoms with E-state index in [0.29, 0.717) is 58.9 Å². The SMILES string of the molecule is CC(=O)c1cc2cc(C(=O)N3C[C@@H](CCl)c4c3cc(O)c3cccc(C)c43)[nH]c2cc1C(=O)N(C)CCN(C)C. The predicted octanol–water partition coefficient (Wildman–Crippen LogP) is 5.15. The molecule has 0 saturated carbocycles. The molecule has 0 aliphatic carbocycles. The van der Waals surface area contributed by atoms with Crippen molar-refractivity contribution in [3.05, 3.63) is 70.4 Å². The average Bonchev–Trinajstić information content (AvgIpc) is 3.51. The highest BCUT2D eigenvalue weighted by Gasteiger charge is 2.36. The molecule has 1 aliphatic heterocycles. The first kappa shape index (κ1) is 27.7. The summed E-state index contributed by atoms with van der Waals surface area (Å²) in [6, 6.07) is 12.4. The molecule has 0 unspecified atom stereocenters. The summed E-state index contributed by atoms with van der Waals surface area (Å²) in [5.41, 5.74) is 4.11. The molecule has 8 nitrogen and oxygen atoms in total. The minimum Gasteiger partial charge on any atom is -0.507 e. The van der Waals surface area contributed by atoms with E-state index < -0.39 is 0 Å². The van der Waals surface area contributed by atoms with Crippen molar-refractivity contribution in [1.82, 2.24) is 14.8 Å². The summed E-state index contributed by atoms with van der Waals surface area (Å²) in [7, 11) is 5.58. The largest absolute Gasteiger partial charge is 0.507 e. The van der Waals surface area contributed by atoms with Crippen molar-refractivity contribution < 1.29 is 19.5 Å². The number of carbonyl (C=O) groups excluding carboxylic acids is 3. The van der Waals surface area contributed by atoms with E-state index >= 15 is 0 Å². The molecule has 0 spiro atoms. The number of likely N-dealkylation sites (N-methyl/N-ethyl adjacent to an activating group) is 2. The quantitative estimate of drug-likeness (QED) is 0.240. The Bertz CT molecular complexity index is 1680. The number of halogens is 1. The van der Waals surface area contributed by atoms with Crippen LogP contribution in [0.5, 0.6) is 5.75 Å². The molecule has 2 heterocycles. The zero-order chi connectivity index (χ0) is 28.9. The summed E-state index contributed by atoms with van der Waals surface area (Å²) in [5, 5.41) is 13.1. The molecule has 0 bridgehead atoms. The van der Waals surface area contributed by atoms with Gasteiger partial charge in [-0.05, 0) is 62.7 Å². The van der Waals surface area contributed by atoms with Crippen LogP contribution in [0.1, 0.15) is 55.2 Å². The highest BCUT2D eigenvalue weighted by Crippen LogP contribution is 2.46. The van der Waals surface area contributed by atoms with Crippen LogP contribution in [-0.2, 0) is 0 Å². The third kappa shape index (κ3) is 4.71. The van der Waals surface area contributed by atoms with E-state index in [0.717, 1.165) is 21.9 Å². The lowest BCUT2D eigenvalue weighted by molar-refractivity contribution is 0.0781. The number of amides is 2. The van der Waals surface area contributed by atoms with Crippen LogP contribution in [0.2, 0.25) is 0 Å². The van der Waals surface area contributed by atoms with Crippen LogP contribution in [0.3, 0.4) is 0 Å². The Kier molecular flexibility index (Phi) is 7.33. The van der Waals surface area contributed by atoms with Crippen LogP contribution in [0.15, 0.2) is 42.5 Å². The molecule has 1 aromatic heterocycles. The standard InChI is InChI=1S/C31H33ClN4O4/c1-17-7-6-8-21-27(38)14-26-29(28(17)21)20(15-32)16-36(26)31(40)25-12-19-11-22(18(2)37)23(13-24(19)33-25)30(39)35(5)10-9-34(3)4/h6-8,11-14,20,33,38H,9-10,15-16H2,1-5H3/t20-/m1/s1. The van der Waals surface area contributed by atoms with E-state index in [2.05, 4.69) is 4.98 Å². The second-order valence-electron chi connectivity index (χ2n) is 10.8. The van der Waals surface area contributed by atoms with Gasteiger partial charge in [0.15, 0.2) is 5.78 Å². The number of alkyl halides is 1. The van der Waals surface area contributed by atoms with Gasteiger partial charge in [-0.3, -0.25) is 14.4 Å². The summed E-state index contributed by atoms with van der Waals surface area (Å²) in [6.07, 6.45) is 0. The van der Waals surface area contributed by atoms with Gasteiger partial charge in [-0.2, -0.15) is 0 Å². The minimum absolute atomic E-state index is 0.0968. The maximum atomic E-state index is 13.9. The summed E-state index contributed by atoms with van der Waals surface area (Å²) in [5.74, 6) is -0.427. The van der Waals surface area contributed by atoms with Gasteiger partial charge in [0.2, 0.25) is 0 Å². The molecular formula is C31H33ClN4O4. The van der Waals surface area contributed by atoms with Crippen molar-refractivity contribution in [3.8, 4) is 5.75 Å². The van der Waals surface area contributed by atoms with Crippen molar-refractivity contribution in [1.29, 1.82) is 0 Å². The molecule has 40 heavy (non-hydrogen) atoms. The summed E-state index contributed by atoms with van der Waals surface area (Å²) in [6.45, 7) is 4.99. The molecule has 208 valence electrons. The number of Topliss-reactive ketones (excluding diaryl/α,β-unsaturated/α-hetero) is 1. The van der Waals surface area contributed by atoms with Gasteiger partial charge in [-0.15, -0.1) is 11.6 Å². The number of hydrogen-bond acceptors (Lipinski definition) is 5. The van der Waals surface area contributed by atoms with Gasteiger partial charge in [0.1, 0.15) is 11.4 Å². The second kappa shape index (κ2) is 10.6.